The predicted octanol–water partition coefficient (Wildman–Crippen LogP) is 5.36. The van der Waals surface area contributed by atoms with Gasteiger partial charge in [-0.2, -0.15) is 0 Å². The summed E-state index contributed by atoms with van der Waals surface area (Å²) in [5.41, 5.74) is 8.33. The highest BCUT2D eigenvalue weighted by Crippen LogP contribution is 2.40. The highest BCUT2D eigenvalue weighted by atomic mass is 15.1. The molecule has 29 heavy (non-hydrogen) atoms. The van der Waals surface area contributed by atoms with E-state index in [1.165, 1.54) is 61.3 Å². The van der Waals surface area contributed by atoms with Crippen molar-refractivity contribution < 1.29 is 0 Å². The molecule has 0 unspecified atom stereocenters. The van der Waals surface area contributed by atoms with Crippen molar-refractivity contribution in [2.24, 2.45) is 0 Å². The molecular weight excluding hydrogens is 356 g/mol. The predicted molar refractivity (Wildman–Crippen MR) is 120 cm³/mol. The first kappa shape index (κ1) is 18.6. The molecule has 1 saturated carbocycles. The number of fused-ring (bicyclic) bond motifs is 1. The molecular formula is C25H30N4. The maximum atomic E-state index is 4.86. The highest BCUT2D eigenvalue weighted by Gasteiger charge is 2.24. The van der Waals surface area contributed by atoms with Crippen LogP contribution in [0.1, 0.15) is 65.9 Å². The maximum Gasteiger partial charge on any atom is 0.0896 e. The Morgan fingerprint density at radius 1 is 0.966 bits per heavy atom. The molecule has 2 aliphatic rings. The normalized spacial score (nSPS) is 18.9. The molecule has 0 radical (unpaired) electrons. The molecule has 4 nitrogen and oxygen atoms in total. The van der Waals surface area contributed by atoms with Crippen molar-refractivity contribution in [1.82, 2.24) is 19.4 Å². The zero-order valence-corrected chi connectivity index (χ0v) is 17.7. The van der Waals surface area contributed by atoms with Crippen LogP contribution >= 0.6 is 0 Å². The highest BCUT2D eigenvalue weighted by molar-refractivity contribution is 5.78. The lowest BCUT2D eigenvalue weighted by molar-refractivity contribution is 0.218. The Balaban J connectivity index is 1.40. The Labute approximate surface area is 173 Å². The SMILES string of the molecule is Cc1cc(C=Cc2cnc3ccc(C4CC4)cc3n2)c(C)n1C1CCN(C)CC1. The summed E-state index contributed by atoms with van der Waals surface area (Å²) in [5.74, 6) is 0.741. The van der Waals surface area contributed by atoms with Gasteiger partial charge in [0.1, 0.15) is 0 Å². The second-order valence-corrected chi connectivity index (χ2v) is 8.88. The Hall–Kier alpha value is -2.46. The van der Waals surface area contributed by atoms with Gasteiger partial charge >= 0.3 is 0 Å². The topological polar surface area (TPSA) is 34.0 Å². The summed E-state index contributed by atoms with van der Waals surface area (Å²) in [7, 11) is 2.22. The molecule has 1 aromatic carbocycles. The number of piperidine rings is 1. The van der Waals surface area contributed by atoms with Crippen molar-refractivity contribution in [2.45, 2.75) is 51.5 Å². The van der Waals surface area contributed by atoms with Gasteiger partial charge in [0.15, 0.2) is 0 Å². The van der Waals surface area contributed by atoms with Crippen LogP contribution < -0.4 is 0 Å². The van der Waals surface area contributed by atoms with Crippen LogP contribution in [0, 0.1) is 13.8 Å². The minimum Gasteiger partial charge on any atom is -0.345 e. The average Bonchev–Trinajstić information content (AvgIpc) is 3.53. The van der Waals surface area contributed by atoms with E-state index in [1.807, 2.05) is 6.20 Å². The molecule has 150 valence electrons. The third-order valence-electron chi connectivity index (χ3n) is 6.64. The summed E-state index contributed by atoms with van der Waals surface area (Å²) in [6.45, 7) is 6.85. The quantitative estimate of drug-likeness (QED) is 0.605. The van der Waals surface area contributed by atoms with Gasteiger partial charge in [-0.05, 0) is 101 Å². The van der Waals surface area contributed by atoms with Crippen LogP contribution in [0.4, 0.5) is 0 Å². The molecule has 1 aliphatic carbocycles. The van der Waals surface area contributed by atoms with E-state index >= 15 is 0 Å². The lowest BCUT2D eigenvalue weighted by atomic mass is 10.0. The number of nitrogens with zero attached hydrogens (tertiary/aromatic N) is 4. The Bertz CT molecular complexity index is 1070. The largest absolute Gasteiger partial charge is 0.345 e. The van der Waals surface area contributed by atoms with E-state index in [4.69, 9.17) is 4.98 Å². The van der Waals surface area contributed by atoms with Crippen molar-refractivity contribution >= 4 is 23.2 Å². The van der Waals surface area contributed by atoms with Crippen molar-refractivity contribution in [3.05, 3.63) is 58.7 Å². The van der Waals surface area contributed by atoms with E-state index in [-0.39, 0.29) is 0 Å². The van der Waals surface area contributed by atoms with Crippen molar-refractivity contribution in [1.29, 1.82) is 0 Å². The van der Waals surface area contributed by atoms with Crippen LogP contribution in [0.3, 0.4) is 0 Å². The van der Waals surface area contributed by atoms with Gasteiger partial charge in [-0.3, -0.25) is 4.98 Å². The van der Waals surface area contributed by atoms with Gasteiger partial charge in [-0.1, -0.05) is 12.1 Å². The first-order chi connectivity index (χ1) is 14.1. The molecule has 0 spiro atoms. The van der Waals surface area contributed by atoms with Gasteiger partial charge in [0.2, 0.25) is 0 Å². The van der Waals surface area contributed by atoms with Crippen molar-refractivity contribution in [2.75, 3.05) is 20.1 Å². The van der Waals surface area contributed by atoms with Crippen LogP contribution in [-0.2, 0) is 0 Å². The van der Waals surface area contributed by atoms with E-state index in [9.17, 15) is 0 Å². The lowest BCUT2D eigenvalue weighted by Gasteiger charge is -2.31. The Kier molecular flexibility index (Phi) is 4.75. The van der Waals surface area contributed by atoms with E-state index in [1.54, 1.807) is 0 Å². The number of aryl methyl sites for hydroxylation is 1. The average molecular weight is 387 g/mol. The fourth-order valence-corrected chi connectivity index (χ4v) is 4.76. The fraction of sp³-hybridized carbons (Fsp3) is 0.440. The lowest BCUT2D eigenvalue weighted by Crippen LogP contribution is -2.32. The van der Waals surface area contributed by atoms with Gasteiger partial charge in [-0.15, -0.1) is 0 Å². The summed E-state index contributed by atoms with van der Waals surface area (Å²) < 4.78 is 2.54. The Morgan fingerprint density at radius 3 is 2.52 bits per heavy atom. The molecule has 5 rings (SSSR count). The molecule has 0 bridgehead atoms. The van der Waals surface area contributed by atoms with Crippen LogP contribution in [0.15, 0.2) is 30.5 Å². The zero-order chi connectivity index (χ0) is 20.0. The second kappa shape index (κ2) is 7.42. The summed E-state index contributed by atoms with van der Waals surface area (Å²) in [4.78, 5) is 11.9. The third-order valence-corrected chi connectivity index (χ3v) is 6.64. The molecule has 4 heteroatoms. The number of benzene rings is 1. The van der Waals surface area contributed by atoms with Crippen LogP contribution in [0.5, 0.6) is 0 Å². The molecule has 0 amide bonds. The number of hydrogen-bond acceptors (Lipinski definition) is 3. The van der Waals surface area contributed by atoms with Gasteiger partial charge in [0, 0.05) is 17.4 Å². The number of aromatic nitrogens is 3. The summed E-state index contributed by atoms with van der Waals surface area (Å²) in [6.07, 6.45) is 11.3. The first-order valence-electron chi connectivity index (χ1n) is 10.9. The molecule has 0 N–H and O–H groups in total. The summed E-state index contributed by atoms with van der Waals surface area (Å²) in [5, 5.41) is 0. The standard InChI is InChI=1S/C25H30N4/c1-17-14-20(18(2)29(17)23-10-12-28(3)13-11-23)6-8-22-16-26-24-9-7-21(19-4-5-19)15-25(24)27-22/h6-9,14-16,19,23H,4-5,10-13H2,1-3H3. The third kappa shape index (κ3) is 3.74. The zero-order valence-electron chi connectivity index (χ0n) is 17.7. The number of likely N-dealkylation sites (tertiary alicyclic amines) is 1. The minimum atomic E-state index is 0.620. The maximum absolute atomic E-state index is 4.86. The molecule has 1 aliphatic heterocycles. The van der Waals surface area contributed by atoms with E-state index in [0.29, 0.717) is 6.04 Å². The van der Waals surface area contributed by atoms with Crippen LogP contribution in [-0.4, -0.2) is 39.6 Å². The molecule has 3 heterocycles. The van der Waals surface area contributed by atoms with Gasteiger partial charge < -0.3 is 9.47 Å². The van der Waals surface area contributed by atoms with E-state index in [0.717, 1.165) is 22.6 Å². The van der Waals surface area contributed by atoms with Gasteiger partial charge in [0.25, 0.3) is 0 Å². The molecule has 2 fully saturated rings. The van der Waals surface area contributed by atoms with Gasteiger partial charge in [0.05, 0.1) is 22.9 Å². The summed E-state index contributed by atoms with van der Waals surface area (Å²) in [6, 6.07) is 9.48. The number of hydrogen-bond donors (Lipinski definition) is 0. The van der Waals surface area contributed by atoms with Crippen molar-refractivity contribution in [3.8, 4) is 0 Å². The molecule has 2 aromatic heterocycles. The summed E-state index contributed by atoms with van der Waals surface area (Å²) >= 11 is 0. The smallest absolute Gasteiger partial charge is 0.0896 e. The van der Waals surface area contributed by atoms with Crippen LogP contribution in [0.2, 0.25) is 0 Å². The molecule has 1 saturated heterocycles. The Morgan fingerprint density at radius 2 is 1.76 bits per heavy atom. The van der Waals surface area contributed by atoms with Crippen molar-refractivity contribution in [3.63, 3.8) is 0 Å². The van der Waals surface area contributed by atoms with Gasteiger partial charge in [-0.25, -0.2) is 4.98 Å². The molecule has 3 aromatic rings. The van der Waals surface area contributed by atoms with E-state index in [2.05, 4.69) is 71.8 Å². The van der Waals surface area contributed by atoms with E-state index < -0.39 is 0 Å². The monoisotopic (exact) mass is 386 g/mol. The number of rotatable bonds is 4. The second-order valence-electron chi connectivity index (χ2n) is 8.88. The first-order valence-corrected chi connectivity index (χ1v) is 10.9. The fourth-order valence-electron chi connectivity index (χ4n) is 4.76. The van der Waals surface area contributed by atoms with Crippen LogP contribution in [0.25, 0.3) is 23.2 Å². The minimum absolute atomic E-state index is 0.620. The molecule has 0 atom stereocenters.